The third-order valence-corrected chi connectivity index (χ3v) is 10.5. The maximum absolute atomic E-state index is 7.33. The first-order chi connectivity index (χ1) is 26.8. The minimum Gasteiger partial charge on any atom is -0.454 e. The summed E-state index contributed by atoms with van der Waals surface area (Å²) in [5, 5.41) is 2.39. The molecule has 0 unspecified atom stereocenters. The lowest BCUT2D eigenvalue weighted by molar-refractivity contribution is 0.489. The molecule has 9 aromatic rings. The molecule has 254 valence electrons. The molecule has 0 atom stereocenters. The average Bonchev–Trinajstić information content (AvgIpc) is 3.38. The van der Waals surface area contributed by atoms with Gasteiger partial charge in [0, 0.05) is 22.4 Å². The van der Waals surface area contributed by atoms with Crippen LogP contribution in [0.15, 0.2) is 212 Å². The standard InChI is InChI=1S/C52H35NO/c1-4-15-36(16-5-1)38-27-30-43(31-28-38)53(49-25-13-12-23-44(49)39-19-8-3-9-20-39)50-26-14-24-46-48-34-41-22-11-10-21-40(41)33-47(48)45-32-29-42(35-51(45)54-52(46)50)37-17-6-2-7-18-37/h1-35H. The first-order valence-electron chi connectivity index (χ1n) is 18.4. The average molecular weight is 690 g/mol. The zero-order chi connectivity index (χ0) is 35.8. The lowest BCUT2D eigenvalue weighted by Gasteiger charge is -2.30. The molecule has 1 heterocycles. The van der Waals surface area contributed by atoms with Crippen LogP contribution in [0.5, 0.6) is 11.5 Å². The minimum absolute atomic E-state index is 0.813. The van der Waals surface area contributed by atoms with Crippen LogP contribution >= 0.6 is 0 Å². The fourth-order valence-corrected chi connectivity index (χ4v) is 7.83. The number of para-hydroxylation sites is 2. The number of anilines is 3. The van der Waals surface area contributed by atoms with Crippen LogP contribution in [0.3, 0.4) is 0 Å². The number of ether oxygens (including phenoxy) is 1. The van der Waals surface area contributed by atoms with E-state index >= 15 is 0 Å². The third-order valence-electron chi connectivity index (χ3n) is 10.5. The van der Waals surface area contributed by atoms with Crippen molar-refractivity contribution in [3.8, 4) is 67.1 Å². The summed E-state index contributed by atoms with van der Waals surface area (Å²) in [6.07, 6.45) is 0. The van der Waals surface area contributed by atoms with E-state index in [1.165, 1.54) is 21.9 Å². The lowest BCUT2D eigenvalue weighted by atomic mass is 9.90. The SMILES string of the molecule is c1ccc(-c2ccc(N(c3ccccc3-c3ccccc3)c3cccc4c3Oc3cc(-c5ccccc5)ccc3-c3cc5ccccc5cc3-4)cc2)cc1. The molecular formula is C52H35NO. The maximum atomic E-state index is 7.33. The maximum Gasteiger partial charge on any atom is 0.159 e. The van der Waals surface area contributed by atoms with Crippen molar-refractivity contribution in [2.45, 2.75) is 0 Å². The summed E-state index contributed by atoms with van der Waals surface area (Å²) in [4.78, 5) is 2.36. The molecule has 9 aromatic carbocycles. The van der Waals surface area contributed by atoms with Gasteiger partial charge in [0.2, 0.25) is 0 Å². The molecular weight excluding hydrogens is 655 g/mol. The molecule has 1 aliphatic rings. The summed E-state index contributed by atoms with van der Waals surface area (Å²) < 4.78 is 7.33. The van der Waals surface area contributed by atoms with Gasteiger partial charge in [0.15, 0.2) is 5.75 Å². The molecule has 0 aliphatic carbocycles. The lowest BCUT2D eigenvalue weighted by Crippen LogP contribution is -2.12. The molecule has 0 saturated heterocycles. The molecule has 0 bridgehead atoms. The quantitative estimate of drug-likeness (QED) is 0.172. The summed E-state index contributed by atoms with van der Waals surface area (Å²) in [5.74, 6) is 1.64. The molecule has 2 nitrogen and oxygen atoms in total. The van der Waals surface area contributed by atoms with Crippen LogP contribution in [-0.4, -0.2) is 0 Å². The molecule has 0 amide bonds. The van der Waals surface area contributed by atoms with Crippen LogP contribution in [0.1, 0.15) is 0 Å². The zero-order valence-electron chi connectivity index (χ0n) is 29.6. The minimum atomic E-state index is 0.813. The van der Waals surface area contributed by atoms with Gasteiger partial charge >= 0.3 is 0 Å². The number of nitrogens with zero attached hydrogens (tertiary/aromatic N) is 1. The summed E-state index contributed by atoms with van der Waals surface area (Å²) >= 11 is 0. The summed E-state index contributed by atoms with van der Waals surface area (Å²) in [5.41, 5.74) is 14.4. The molecule has 0 aromatic heterocycles. The summed E-state index contributed by atoms with van der Waals surface area (Å²) in [6, 6.07) is 75.7. The van der Waals surface area contributed by atoms with Gasteiger partial charge in [0.05, 0.1) is 11.4 Å². The molecule has 0 radical (unpaired) electrons. The van der Waals surface area contributed by atoms with Gasteiger partial charge in [-0.2, -0.15) is 0 Å². The van der Waals surface area contributed by atoms with E-state index in [9.17, 15) is 0 Å². The Morgan fingerprint density at radius 2 is 0.796 bits per heavy atom. The van der Waals surface area contributed by atoms with E-state index in [1.54, 1.807) is 0 Å². The first-order valence-corrected chi connectivity index (χ1v) is 18.4. The molecule has 54 heavy (non-hydrogen) atoms. The van der Waals surface area contributed by atoms with E-state index < -0.39 is 0 Å². The Balaban J connectivity index is 1.24. The van der Waals surface area contributed by atoms with Gasteiger partial charge in [-0.15, -0.1) is 0 Å². The van der Waals surface area contributed by atoms with Gasteiger partial charge in [-0.05, 0) is 98.2 Å². The highest BCUT2D eigenvalue weighted by atomic mass is 16.5. The van der Waals surface area contributed by atoms with E-state index in [-0.39, 0.29) is 0 Å². The molecule has 10 rings (SSSR count). The Morgan fingerprint density at radius 1 is 0.296 bits per heavy atom. The van der Waals surface area contributed by atoms with E-state index in [0.717, 1.165) is 73.1 Å². The van der Waals surface area contributed by atoms with Crippen molar-refractivity contribution in [3.05, 3.63) is 212 Å². The second-order valence-electron chi connectivity index (χ2n) is 13.7. The van der Waals surface area contributed by atoms with Gasteiger partial charge in [0.1, 0.15) is 5.75 Å². The number of hydrogen-bond acceptors (Lipinski definition) is 2. The van der Waals surface area contributed by atoms with Gasteiger partial charge in [0.25, 0.3) is 0 Å². The highest BCUT2D eigenvalue weighted by Crippen LogP contribution is 2.54. The molecule has 0 spiro atoms. The van der Waals surface area contributed by atoms with Gasteiger partial charge in [-0.25, -0.2) is 0 Å². The van der Waals surface area contributed by atoms with Crippen LogP contribution in [-0.2, 0) is 0 Å². The van der Waals surface area contributed by atoms with Gasteiger partial charge in [-0.3, -0.25) is 0 Å². The van der Waals surface area contributed by atoms with Crippen LogP contribution in [0, 0.1) is 0 Å². The van der Waals surface area contributed by atoms with E-state index in [0.29, 0.717) is 0 Å². The fourth-order valence-electron chi connectivity index (χ4n) is 7.83. The van der Waals surface area contributed by atoms with Crippen LogP contribution in [0.4, 0.5) is 17.1 Å². The van der Waals surface area contributed by atoms with Crippen LogP contribution in [0.25, 0.3) is 66.4 Å². The Hall–Kier alpha value is -7.16. The summed E-state index contributed by atoms with van der Waals surface area (Å²) in [7, 11) is 0. The predicted molar refractivity (Wildman–Crippen MR) is 226 cm³/mol. The normalized spacial score (nSPS) is 11.5. The van der Waals surface area contributed by atoms with Crippen molar-refractivity contribution >= 4 is 27.8 Å². The summed E-state index contributed by atoms with van der Waals surface area (Å²) in [6.45, 7) is 0. The monoisotopic (exact) mass is 689 g/mol. The Bertz CT molecular complexity index is 2770. The van der Waals surface area contributed by atoms with Crippen molar-refractivity contribution in [1.29, 1.82) is 0 Å². The molecule has 0 saturated carbocycles. The second-order valence-corrected chi connectivity index (χ2v) is 13.7. The van der Waals surface area contributed by atoms with Crippen molar-refractivity contribution in [1.82, 2.24) is 0 Å². The topological polar surface area (TPSA) is 12.5 Å². The fraction of sp³-hybridized carbons (Fsp3) is 0. The van der Waals surface area contributed by atoms with Crippen molar-refractivity contribution in [2.24, 2.45) is 0 Å². The van der Waals surface area contributed by atoms with E-state index in [4.69, 9.17) is 4.74 Å². The molecule has 1 aliphatic heterocycles. The first kappa shape index (κ1) is 31.6. The predicted octanol–water partition coefficient (Wildman–Crippen LogP) is 14.8. The molecule has 2 heteroatoms. The van der Waals surface area contributed by atoms with Crippen LogP contribution in [0.2, 0.25) is 0 Å². The number of rotatable bonds is 6. The molecule has 0 N–H and O–H groups in total. The largest absolute Gasteiger partial charge is 0.454 e. The third kappa shape index (κ3) is 5.62. The van der Waals surface area contributed by atoms with Crippen molar-refractivity contribution < 1.29 is 4.74 Å². The number of hydrogen-bond donors (Lipinski definition) is 0. The van der Waals surface area contributed by atoms with E-state index in [2.05, 4.69) is 217 Å². The Labute approximate surface area is 315 Å². The highest BCUT2D eigenvalue weighted by Gasteiger charge is 2.28. The van der Waals surface area contributed by atoms with Crippen molar-refractivity contribution in [3.63, 3.8) is 0 Å². The smallest absolute Gasteiger partial charge is 0.159 e. The Kier molecular flexibility index (Phi) is 7.85. The molecule has 0 fully saturated rings. The Morgan fingerprint density at radius 3 is 1.48 bits per heavy atom. The van der Waals surface area contributed by atoms with E-state index in [1.807, 2.05) is 0 Å². The van der Waals surface area contributed by atoms with Gasteiger partial charge < -0.3 is 9.64 Å². The number of fused-ring (bicyclic) bond motifs is 6. The second kappa shape index (κ2) is 13.4. The van der Waals surface area contributed by atoms with Gasteiger partial charge in [-0.1, -0.05) is 164 Å². The number of benzene rings is 9. The van der Waals surface area contributed by atoms with Crippen LogP contribution < -0.4 is 9.64 Å². The highest BCUT2D eigenvalue weighted by molar-refractivity contribution is 6.02. The van der Waals surface area contributed by atoms with Crippen molar-refractivity contribution in [2.75, 3.05) is 4.90 Å². The zero-order valence-corrected chi connectivity index (χ0v) is 29.6.